The number of benzene rings is 1. The fourth-order valence-corrected chi connectivity index (χ4v) is 3.48. The number of hydrogen-bond donors (Lipinski definition) is 0. The zero-order valence-corrected chi connectivity index (χ0v) is 15.1. The van der Waals surface area contributed by atoms with Crippen molar-refractivity contribution in [3.63, 3.8) is 0 Å². The average molecular weight is 367 g/mol. The Kier molecular flexibility index (Phi) is 4.72. The average Bonchev–Trinajstić information content (AvgIpc) is 2.68. The summed E-state index contributed by atoms with van der Waals surface area (Å²) in [4.78, 5) is 38.0. The Bertz CT molecular complexity index is 827. The summed E-state index contributed by atoms with van der Waals surface area (Å²) in [5.74, 6) is 0.724. The predicted molar refractivity (Wildman–Crippen MR) is 97.0 cm³/mol. The van der Waals surface area contributed by atoms with Crippen LogP contribution in [0.5, 0.6) is 11.8 Å². The second-order valence-corrected chi connectivity index (χ2v) is 6.81. The molecule has 0 aliphatic carbocycles. The SMILES string of the molecule is CN1CC(=O)N2CCN(Cc3ccc(Oc4ncccn4)cc3)CC2C1=O. The smallest absolute Gasteiger partial charge is 0.321 e. The number of rotatable bonds is 4. The number of carbonyl (C=O) groups is 2. The molecule has 1 aromatic heterocycles. The van der Waals surface area contributed by atoms with Crippen molar-refractivity contribution >= 4 is 11.8 Å². The highest BCUT2D eigenvalue weighted by atomic mass is 16.5. The molecule has 1 aromatic carbocycles. The van der Waals surface area contributed by atoms with Crippen LogP contribution in [0.1, 0.15) is 5.56 Å². The van der Waals surface area contributed by atoms with Gasteiger partial charge in [0.1, 0.15) is 11.8 Å². The quantitative estimate of drug-likeness (QED) is 0.794. The highest BCUT2D eigenvalue weighted by molar-refractivity contribution is 5.95. The van der Waals surface area contributed by atoms with Crippen LogP contribution in [-0.2, 0) is 16.1 Å². The minimum atomic E-state index is -0.372. The number of nitrogens with zero attached hydrogens (tertiary/aromatic N) is 5. The summed E-state index contributed by atoms with van der Waals surface area (Å²) in [5.41, 5.74) is 1.12. The van der Waals surface area contributed by atoms with Crippen LogP contribution in [0.2, 0.25) is 0 Å². The molecule has 0 radical (unpaired) electrons. The van der Waals surface area contributed by atoms with Gasteiger partial charge in [0.2, 0.25) is 11.8 Å². The van der Waals surface area contributed by atoms with Gasteiger partial charge >= 0.3 is 6.01 Å². The summed E-state index contributed by atoms with van der Waals surface area (Å²) < 4.78 is 5.60. The van der Waals surface area contributed by atoms with Crippen LogP contribution in [0, 0.1) is 0 Å². The van der Waals surface area contributed by atoms with E-state index in [4.69, 9.17) is 4.74 Å². The maximum absolute atomic E-state index is 12.4. The van der Waals surface area contributed by atoms with E-state index in [1.807, 2.05) is 24.3 Å². The zero-order chi connectivity index (χ0) is 18.8. The van der Waals surface area contributed by atoms with Crippen LogP contribution in [0.4, 0.5) is 0 Å². The molecule has 0 saturated carbocycles. The molecule has 1 atom stereocenters. The van der Waals surface area contributed by atoms with Gasteiger partial charge in [0.15, 0.2) is 0 Å². The predicted octanol–water partition coefficient (Wildman–Crippen LogP) is 0.754. The van der Waals surface area contributed by atoms with E-state index in [0.29, 0.717) is 24.8 Å². The topological polar surface area (TPSA) is 78.9 Å². The zero-order valence-electron chi connectivity index (χ0n) is 15.1. The highest BCUT2D eigenvalue weighted by Gasteiger charge is 2.41. The van der Waals surface area contributed by atoms with E-state index in [1.165, 1.54) is 4.90 Å². The Morgan fingerprint density at radius 1 is 1.11 bits per heavy atom. The summed E-state index contributed by atoms with van der Waals surface area (Å²) in [6.07, 6.45) is 3.26. The van der Waals surface area contributed by atoms with Crippen LogP contribution in [0.25, 0.3) is 0 Å². The number of aromatic nitrogens is 2. The summed E-state index contributed by atoms with van der Waals surface area (Å²) in [6.45, 7) is 2.82. The molecular formula is C19H21N5O3. The number of amides is 2. The Morgan fingerprint density at radius 2 is 1.85 bits per heavy atom. The van der Waals surface area contributed by atoms with E-state index in [0.717, 1.165) is 18.7 Å². The Balaban J connectivity index is 1.38. The van der Waals surface area contributed by atoms with E-state index in [-0.39, 0.29) is 24.4 Å². The third kappa shape index (κ3) is 3.75. The van der Waals surface area contributed by atoms with E-state index in [2.05, 4.69) is 14.9 Å². The van der Waals surface area contributed by atoms with Gasteiger partial charge in [0, 0.05) is 45.6 Å². The molecule has 2 fully saturated rings. The Hall–Kier alpha value is -3.00. The second-order valence-electron chi connectivity index (χ2n) is 6.81. The fourth-order valence-electron chi connectivity index (χ4n) is 3.48. The van der Waals surface area contributed by atoms with Gasteiger partial charge in [0.05, 0.1) is 6.54 Å². The summed E-state index contributed by atoms with van der Waals surface area (Å²) >= 11 is 0. The number of fused-ring (bicyclic) bond motifs is 1. The first-order chi connectivity index (χ1) is 13.1. The monoisotopic (exact) mass is 367 g/mol. The van der Waals surface area contributed by atoms with E-state index >= 15 is 0 Å². The molecule has 27 heavy (non-hydrogen) atoms. The van der Waals surface area contributed by atoms with Gasteiger partial charge in [0.25, 0.3) is 0 Å². The number of carbonyl (C=O) groups excluding carboxylic acids is 2. The number of ether oxygens (including phenoxy) is 1. The molecule has 2 aromatic rings. The van der Waals surface area contributed by atoms with Crippen molar-refractivity contribution in [2.45, 2.75) is 12.6 Å². The van der Waals surface area contributed by atoms with Gasteiger partial charge < -0.3 is 14.5 Å². The Labute approximate surface area is 157 Å². The van der Waals surface area contributed by atoms with Crippen molar-refractivity contribution < 1.29 is 14.3 Å². The molecule has 0 spiro atoms. The van der Waals surface area contributed by atoms with Crippen molar-refractivity contribution in [1.82, 2.24) is 24.7 Å². The first kappa shape index (κ1) is 17.4. The van der Waals surface area contributed by atoms with E-state index in [1.54, 1.807) is 30.4 Å². The van der Waals surface area contributed by atoms with Gasteiger partial charge in [-0.05, 0) is 23.8 Å². The number of piperazine rings is 2. The number of likely N-dealkylation sites (N-methyl/N-ethyl adjacent to an activating group) is 1. The van der Waals surface area contributed by atoms with Crippen LogP contribution in [0.15, 0.2) is 42.7 Å². The lowest BCUT2D eigenvalue weighted by Crippen LogP contribution is -2.65. The van der Waals surface area contributed by atoms with Crippen molar-refractivity contribution in [1.29, 1.82) is 0 Å². The van der Waals surface area contributed by atoms with Gasteiger partial charge in [-0.25, -0.2) is 9.97 Å². The molecule has 8 heteroatoms. The molecule has 8 nitrogen and oxygen atoms in total. The van der Waals surface area contributed by atoms with Crippen molar-refractivity contribution in [2.75, 3.05) is 33.2 Å². The molecule has 0 N–H and O–H groups in total. The molecule has 2 amide bonds. The van der Waals surface area contributed by atoms with E-state index < -0.39 is 0 Å². The maximum atomic E-state index is 12.4. The van der Waals surface area contributed by atoms with Crippen molar-refractivity contribution in [3.05, 3.63) is 48.3 Å². The third-order valence-electron chi connectivity index (χ3n) is 4.90. The number of hydrogen-bond acceptors (Lipinski definition) is 6. The van der Waals surface area contributed by atoms with Gasteiger partial charge in [-0.1, -0.05) is 12.1 Å². The first-order valence-electron chi connectivity index (χ1n) is 8.91. The van der Waals surface area contributed by atoms with E-state index in [9.17, 15) is 9.59 Å². The van der Waals surface area contributed by atoms with Gasteiger partial charge in [-0.2, -0.15) is 0 Å². The lowest BCUT2D eigenvalue weighted by Gasteiger charge is -2.45. The summed E-state index contributed by atoms with van der Waals surface area (Å²) in [5, 5.41) is 0. The van der Waals surface area contributed by atoms with Crippen molar-refractivity contribution in [3.8, 4) is 11.8 Å². The molecule has 2 saturated heterocycles. The standard InChI is InChI=1S/C19H21N5O3/c1-22-13-17(25)24-10-9-23(12-16(24)18(22)26)11-14-3-5-15(6-4-14)27-19-20-7-2-8-21-19/h2-8,16H,9-13H2,1H3. The summed E-state index contributed by atoms with van der Waals surface area (Å²) in [6, 6.07) is 9.41. The molecule has 0 bridgehead atoms. The summed E-state index contributed by atoms with van der Waals surface area (Å²) in [7, 11) is 1.69. The van der Waals surface area contributed by atoms with Crippen LogP contribution in [-0.4, -0.2) is 75.8 Å². The molecule has 140 valence electrons. The lowest BCUT2D eigenvalue weighted by molar-refractivity contribution is -0.158. The van der Waals surface area contributed by atoms with Crippen molar-refractivity contribution in [2.24, 2.45) is 0 Å². The Morgan fingerprint density at radius 3 is 2.59 bits per heavy atom. The molecule has 2 aliphatic heterocycles. The van der Waals surface area contributed by atoms with Crippen LogP contribution >= 0.6 is 0 Å². The van der Waals surface area contributed by atoms with Crippen LogP contribution in [0.3, 0.4) is 0 Å². The van der Waals surface area contributed by atoms with Crippen LogP contribution < -0.4 is 4.74 Å². The van der Waals surface area contributed by atoms with Gasteiger partial charge in [-0.15, -0.1) is 0 Å². The minimum absolute atomic E-state index is 0.0194. The minimum Gasteiger partial charge on any atom is -0.424 e. The lowest BCUT2D eigenvalue weighted by atomic mass is 10.1. The van der Waals surface area contributed by atoms with Gasteiger partial charge in [-0.3, -0.25) is 14.5 Å². The largest absolute Gasteiger partial charge is 0.424 e. The third-order valence-corrected chi connectivity index (χ3v) is 4.90. The first-order valence-corrected chi connectivity index (χ1v) is 8.91. The molecule has 1 unspecified atom stereocenters. The molecule has 4 rings (SSSR count). The molecule has 2 aliphatic rings. The fraction of sp³-hybridized carbons (Fsp3) is 0.368. The highest BCUT2D eigenvalue weighted by Crippen LogP contribution is 2.21. The molecular weight excluding hydrogens is 346 g/mol. The molecule has 3 heterocycles. The second kappa shape index (κ2) is 7.32. The maximum Gasteiger partial charge on any atom is 0.321 e. The normalized spacial score (nSPS) is 20.6.